The Kier molecular flexibility index (Phi) is 4.67. The molecule has 3 aromatic rings. The molecule has 3 N–H and O–H groups in total. The molecule has 132 valence electrons. The topological polar surface area (TPSA) is 90.2 Å². The number of aromatic nitrogens is 2. The first-order valence-corrected chi connectivity index (χ1v) is 9.10. The van der Waals surface area contributed by atoms with Crippen molar-refractivity contribution in [2.75, 3.05) is 20.0 Å². The highest BCUT2D eigenvalue weighted by Crippen LogP contribution is 2.31. The van der Waals surface area contributed by atoms with Crippen molar-refractivity contribution >= 4 is 27.5 Å². The minimum Gasteiger partial charge on any atom is -0.493 e. The van der Waals surface area contributed by atoms with Crippen LogP contribution in [-0.4, -0.2) is 28.4 Å². The molecule has 0 amide bonds. The zero-order valence-corrected chi connectivity index (χ0v) is 15.5. The van der Waals surface area contributed by atoms with Crippen molar-refractivity contribution in [1.82, 2.24) is 9.97 Å². The minimum absolute atomic E-state index is 0.312. The molecule has 7 heteroatoms. The van der Waals surface area contributed by atoms with E-state index in [9.17, 15) is 4.21 Å². The molecule has 0 aliphatic heterocycles. The van der Waals surface area contributed by atoms with E-state index in [1.54, 1.807) is 26.4 Å². The molecule has 1 heterocycles. The zero-order valence-electron chi connectivity index (χ0n) is 14.7. The van der Waals surface area contributed by atoms with Gasteiger partial charge in [-0.3, -0.25) is 4.21 Å². The van der Waals surface area contributed by atoms with Crippen molar-refractivity contribution in [3.05, 3.63) is 41.0 Å². The highest BCUT2D eigenvalue weighted by molar-refractivity contribution is 7.84. The van der Waals surface area contributed by atoms with E-state index in [2.05, 4.69) is 9.97 Å². The van der Waals surface area contributed by atoms with Gasteiger partial charge in [0.15, 0.2) is 16.7 Å². The van der Waals surface area contributed by atoms with Gasteiger partial charge in [0.2, 0.25) is 0 Å². The summed E-state index contributed by atoms with van der Waals surface area (Å²) in [5.74, 6) is 1.48. The van der Waals surface area contributed by atoms with E-state index >= 15 is 0 Å². The molecule has 2 aromatic carbocycles. The quantitative estimate of drug-likeness (QED) is 0.683. The number of benzene rings is 2. The lowest BCUT2D eigenvalue weighted by atomic mass is 10.1. The Morgan fingerprint density at radius 3 is 2.44 bits per heavy atom. The largest absolute Gasteiger partial charge is 0.493 e. The Morgan fingerprint density at radius 1 is 1.12 bits per heavy atom. The van der Waals surface area contributed by atoms with Crippen LogP contribution in [0.25, 0.3) is 11.0 Å². The first-order valence-electron chi connectivity index (χ1n) is 7.78. The Labute approximate surface area is 148 Å². The summed E-state index contributed by atoms with van der Waals surface area (Å²) in [5.41, 5.74) is 11.2. The molecule has 0 fully saturated rings. The third-order valence-corrected chi connectivity index (χ3v) is 5.28. The summed E-state index contributed by atoms with van der Waals surface area (Å²) in [4.78, 5) is 7.54. The molecule has 0 aliphatic carbocycles. The minimum atomic E-state index is -1.34. The van der Waals surface area contributed by atoms with Gasteiger partial charge in [-0.1, -0.05) is 6.07 Å². The number of fused-ring (bicyclic) bond motifs is 1. The average Bonchev–Trinajstić information content (AvgIpc) is 2.99. The Morgan fingerprint density at radius 2 is 1.80 bits per heavy atom. The maximum atomic E-state index is 12.8. The average molecular weight is 359 g/mol. The van der Waals surface area contributed by atoms with Crippen molar-refractivity contribution in [3.8, 4) is 11.5 Å². The number of hydrogen-bond acceptors (Lipinski definition) is 5. The number of anilines is 1. The predicted molar refractivity (Wildman–Crippen MR) is 99.6 cm³/mol. The molecule has 0 radical (unpaired) electrons. The van der Waals surface area contributed by atoms with Gasteiger partial charge in [-0.15, -0.1) is 0 Å². The van der Waals surface area contributed by atoms with Crippen LogP contribution >= 0.6 is 0 Å². The van der Waals surface area contributed by atoms with E-state index in [0.717, 1.165) is 22.2 Å². The lowest BCUT2D eigenvalue weighted by Gasteiger charge is -2.09. The van der Waals surface area contributed by atoms with Crippen LogP contribution in [0, 0.1) is 13.8 Å². The Balaban J connectivity index is 1.95. The van der Waals surface area contributed by atoms with Crippen LogP contribution in [0.2, 0.25) is 0 Å². The van der Waals surface area contributed by atoms with Gasteiger partial charge in [0.05, 0.1) is 41.8 Å². The molecular formula is C18H21N3O3S. The number of aromatic amines is 1. The van der Waals surface area contributed by atoms with Crippen LogP contribution in [0.3, 0.4) is 0 Å². The van der Waals surface area contributed by atoms with Crippen molar-refractivity contribution in [1.29, 1.82) is 0 Å². The molecule has 6 nitrogen and oxygen atoms in total. The molecule has 0 spiro atoms. The molecule has 0 aliphatic rings. The zero-order chi connectivity index (χ0) is 18.1. The first kappa shape index (κ1) is 17.3. The fourth-order valence-electron chi connectivity index (χ4n) is 2.85. The summed E-state index contributed by atoms with van der Waals surface area (Å²) >= 11 is 0. The maximum Gasteiger partial charge on any atom is 0.197 e. The number of nitrogens with one attached hydrogen (secondary N) is 1. The molecule has 3 rings (SSSR count). The van der Waals surface area contributed by atoms with Crippen molar-refractivity contribution in [3.63, 3.8) is 0 Å². The number of H-pyrrole nitrogens is 1. The number of nitrogen functional groups attached to an aromatic ring is 1. The number of imidazole rings is 1. The summed E-state index contributed by atoms with van der Waals surface area (Å²) in [6, 6.07) is 7.48. The monoisotopic (exact) mass is 359 g/mol. The van der Waals surface area contributed by atoms with Gasteiger partial charge in [0.25, 0.3) is 0 Å². The second kappa shape index (κ2) is 6.76. The van der Waals surface area contributed by atoms with Crippen LogP contribution in [0.4, 0.5) is 5.69 Å². The maximum absolute atomic E-state index is 12.8. The number of methoxy groups -OCH3 is 2. The molecule has 1 aromatic heterocycles. The van der Waals surface area contributed by atoms with Gasteiger partial charge in [-0.05, 0) is 36.6 Å². The van der Waals surface area contributed by atoms with E-state index in [0.29, 0.717) is 33.6 Å². The molecule has 25 heavy (non-hydrogen) atoms. The van der Waals surface area contributed by atoms with Crippen molar-refractivity contribution in [2.45, 2.75) is 24.8 Å². The fourth-order valence-corrected chi connectivity index (χ4v) is 4.07. The van der Waals surface area contributed by atoms with E-state index in [1.165, 1.54) is 0 Å². The SMILES string of the molecule is COc1cc2nc(S(=O)Cc3c(C)cc(C)cc3N)[nH]c2cc1OC. The number of rotatable bonds is 5. The van der Waals surface area contributed by atoms with Crippen LogP contribution in [0.1, 0.15) is 16.7 Å². The second-order valence-electron chi connectivity index (χ2n) is 5.91. The first-order chi connectivity index (χ1) is 11.9. The number of ether oxygens (including phenoxy) is 2. The van der Waals surface area contributed by atoms with Gasteiger partial charge in [-0.25, -0.2) is 4.98 Å². The summed E-state index contributed by atoms with van der Waals surface area (Å²) in [6.45, 7) is 3.97. The van der Waals surface area contributed by atoms with Gasteiger partial charge in [0.1, 0.15) is 0 Å². The molecule has 0 saturated heterocycles. The number of aryl methyl sites for hydroxylation is 2. The highest BCUT2D eigenvalue weighted by atomic mass is 32.2. The molecular weight excluding hydrogens is 338 g/mol. The van der Waals surface area contributed by atoms with E-state index in [1.807, 2.05) is 26.0 Å². The fraction of sp³-hybridized carbons (Fsp3) is 0.278. The van der Waals surface area contributed by atoms with E-state index in [4.69, 9.17) is 15.2 Å². The highest BCUT2D eigenvalue weighted by Gasteiger charge is 2.16. The molecule has 0 bridgehead atoms. The van der Waals surface area contributed by atoms with Gasteiger partial charge < -0.3 is 20.2 Å². The number of nitrogens with zero attached hydrogens (tertiary/aromatic N) is 1. The summed E-state index contributed by atoms with van der Waals surface area (Å²) in [7, 11) is 1.80. The smallest absolute Gasteiger partial charge is 0.197 e. The van der Waals surface area contributed by atoms with Crippen LogP contribution < -0.4 is 15.2 Å². The van der Waals surface area contributed by atoms with Gasteiger partial charge in [0, 0.05) is 17.8 Å². The number of nitrogens with two attached hydrogens (primary N) is 1. The number of hydrogen-bond donors (Lipinski definition) is 2. The molecule has 0 saturated carbocycles. The normalized spacial score (nSPS) is 12.3. The van der Waals surface area contributed by atoms with Crippen molar-refractivity contribution in [2.24, 2.45) is 0 Å². The van der Waals surface area contributed by atoms with E-state index < -0.39 is 10.8 Å². The second-order valence-corrected chi connectivity index (χ2v) is 7.27. The molecule has 1 unspecified atom stereocenters. The summed E-state index contributed by atoms with van der Waals surface area (Å²) < 4.78 is 23.3. The Hall–Kier alpha value is -2.54. The van der Waals surface area contributed by atoms with E-state index in [-0.39, 0.29) is 0 Å². The third-order valence-electron chi connectivity index (χ3n) is 4.11. The van der Waals surface area contributed by atoms with Crippen LogP contribution in [0.5, 0.6) is 11.5 Å². The predicted octanol–water partition coefficient (Wildman–Crippen LogP) is 3.09. The van der Waals surface area contributed by atoms with Crippen LogP contribution in [-0.2, 0) is 16.6 Å². The lowest BCUT2D eigenvalue weighted by Crippen LogP contribution is -2.04. The Bertz CT molecular complexity index is 902. The molecule has 1 atom stereocenters. The van der Waals surface area contributed by atoms with Crippen LogP contribution in [0.15, 0.2) is 29.4 Å². The third kappa shape index (κ3) is 3.32. The summed E-state index contributed by atoms with van der Waals surface area (Å²) in [5, 5.41) is 0.407. The van der Waals surface area contributed by atoms with Gasteiger partial charge in [-0.2, -0.15) is 0 Å². The summed E-state index contributed by atoms with van der Waals surface area (Å²) in [6.07, 6.45) is 0. The lowest BCUT2D eigenvalue weighted by molar-refractivity contribution is 0.356. The standard InChI is InChI=1S/C18H21N3O3S/c1-10-5-11(2)12(13(19)6-10)9-25(22)18-20-14-7-16(23-3)17(24-4)8-15(14)21-18/h5-8H,9,19H2,1-4H3,(H,20,21). The van der Waals surface area contributed by atoms with Gasteiger partial charge >= 0.3 is 0 Å². The van der Waals surface area contributed by atoms with Crippen molar-refractivity contribution < 1.29 is 13.7 Å².